The van der Waals surface area contributed by atoms with Crippen molar-refractivity contribution in [2.45, 2.75) is 17.4 Å². The number of carbonyl (C=O) groups is 1. The fourth-order valence-electron chi connectivity index (χ4n) is 1.99. The number of aromatic nitrogens is 3. The summed E-state index contributed by atoms with van der Waals surface area (Å²) in [5, 5.41) is 10.7. The summed E-state index contributed by atoms with van der Waals surface area (Å²) in [6.07, 6.45) is 3.31. The summed E-state index contributed by atoms with van der Waals surface area (Å²) in [5.41, 5.74) is 1.43. The van der Waals surface area contributed by atoms with Gasteiger partial charge in [0, 0.05) is 18.1 Å². The molecule has 1 amide bonds. The fraction of sp³-hybridized carbons (Fsp3) is 0.176. The molecule has 0 radical (unpaired) electrons. The topological polar surface area (TPSA) is 90.1 Å². The first-order valence-electron chi connectivity index (χ1n) is 7.51. The number of amides is 1. The van der Waals surface area contributed by atoms with Gasteiger partial charge < -0.3 is 14.5 Å². The lowest BCUT2D eigenvalue weighted by atomic mass is 10.3. The van der Waals surface area contributed by atoms with E-state index in [1.165, 1.54) is 11.8 Å². The molecule has 1 atom stereocenters. The van der Waals surface area contributed by atoms with E-state index < -0.39 is 5.25 Å². The zero-order chi connectivity index (χ0) is 17.6. The maximum atomic E-state index is 12.3. The zero-order valence-corrected chi connectivity index (χ0v) is 14.5. The van der Waals surface area contributed by atoms with Gasteiger partial charge in [-0.1, -0.05) is 11.8 Å². The second-order valence-electron chi connectivity index (χ2n) is 5.09. The first-order valence-corrected chi connectivity index (χ1v) is 8.39. The zero-order valence-electron chi connectivity index (χ0n) is 13.7. The van der Waals surface area contributed by atoms with Crippen LogP contribution in [0.15, 0.2) is 58.4 Å². The average molecular weight is 356 g/mol. The third-order valence-corrected chi connectivity index (χ3v) is 4.25. The van der Waals surface area contributed by atoms with E-state index >= 15 is 0 Å². The maximum absolute atomic E-state index is 12.3. The number of hydrogen-bond donors (Lipinski definition) is 1. The lowest BCUT2D eigenvalue weighted by molar-refractivity contribution is -0.115. The highest BCUT2D eigenvalue weighted by Gasteiger charge is 2.19. The van der Waals surface area contributed by atoms with Gasteiger partial charge in [-0.15, -0.1) is 10.2 Å². The van der Waals surface area contributed by atoms with E-state index in [1.807, 2.05) is 6.07 Å². The lowest BCUT2D eigenvalue weighted by Gasteiger charge is -2.10. The van der Waals surface area contributed by atoms with Gasteiger partial charge in [0.1, 0.15) is 5.75 Å². The van der Waals surface area contributed by atoms with Crippen LogP contribution in [0.1, 0.15) is 6.92 Å². The van der Waals surface area contributed by atoms with Crippen molar-refractivity contribution in [3.8, 4) is 17.2 Å². The highest BCUT2D eigenvalue weighted by atomic mass is 32.2. The van der Waals surface area contributed by atoms with Crippen molar-refractivity contribution >= 4 is 23.4 Å². The molecule has 0 aliphatic carbocycles. The van der Waals surface area contributed by atoms with Crippen LogP contribution in [0.25, 0.3) is 11.5 Å². The molecule has 3 rings (SSSR count). The fourth-order valence-corrected chi connectivity index (χ4v) is 2.67. The molecule has 0 saturated carbocycles. The molecule has 0 aliphatic rings. The molecule has 25 heavy (non-hydrogen) atoms. The monoisotopic (exact) mass is 356 g/mol. The van der Waals surface area contributed by atoms with Gasteiger partial charge in [-0.05, 0) is 43.3 Å². The van der Waals surface area contributed by atoms with Crippen LogP contribution < -0.4 is 10.1 Å². The van der Waals surface area contributed by atoms with E-state index in [0.29, 0.717) is 16.8 Å². The van der Waals surface area contributed by atoms with E-state index in [4.69, 9.17) is 9.15 Å². The van der Waals surface area contributed by atoms with Gasteiger partial charge in [-0.2, -0.15) is 0 Å². The molecule has 0 bridgehead atoms. The van der Waals surface area contributed by atoms with Gasteiger partial charge in [0.2, 0.25) is 11.8 Å². The number of pyridine rings is 1. The van der Waals surface area contributed by atoms with E-state index in [-0.39, 0.29) is 5.91 Å². The molecule has 2 heterocycles. The molecule has 3 aromatic rings. The molecular formula is C17H16N4O3S. The Morgan fingerprint density at radius 1 is 1.24 bits per heavy atom. The van der Waals surface area contributed by atoms with E-state index in [2.05, 4.69) is 20.5 Å². The van der Waals surface area contributed by atoms with Crippen LogP contribution in [0.2, 0.25) is 0 Å². The Hall–Kier alpha value is -2.87. The van der Waals surface area contributed by atoms with E-state index in [0.717, 1.165) is 11.3 Å². The highest BCUT2D eigenvalue weighted by Crippen LogP contribution is 2.26. The Morgan fingerprint density at radius 2 is 2.04 bits per heavy atom. The number of nitrogens with one attached hydrogen (secondary N) is 1. The average Bonchev–Trinajstić information content (AvgIpc) is 3.11. The number of methoxy groups -OCH3 is 1. The Kier molecular flexibility index (Phi) is 5.30. The number of nitrogens with zero attached hydrogens (tertiary/aromatic N) is 3. The van der Waals surface area contributed by atoms with Gasteiger partial charge >= 0.3 is 0 Å². The number of thioether (sulfide) groups is 1. The largest absolute Gasteiger partial charge is 0.497 e. The number of ether oxygens (including phenoxy) is 1. The molecule has 1 aromatic carbocycles. The number of benzene rings is 1. The third-order valence-electron chi connectivity index (χ3n) is 3.32. The predicted octanol–water partition coefficient (Wildman–Crippen LogP) is 3.26. The summed E-state index contributed by atoms with van der Waals surface area (Å²) in [6, 6.07) is 10.7. The quantitative estimate of drug-likeness (QED) is 0.678. The standard InChI is InChI=1S/C17H16N4O3S/c1-11(15(22)19-13-5-7-14(23-2)8-6-13)25-17-21-20-16(24-17)12-4-3-9-18-10-12/h3-11H,1-2H3,(H,19,22)/t11-/m0/s1. The van der Waals surface area contributed by atoms with Crippen molar-refractivity contribution in [2.24, 2.45) is 0 Å². The minimum Gasteiger partial charge on any atom is -0.497 e. The Morgan fingerprint density at radius 3 is 2.72 bits per heavy atom. The minimum absolute atomic E-state index is 0.156. The van der Waals surface area contributed by atoms with Crippen LogP contribution in [-0.2, 0) is 4.79 Å². The number of hydrogen-bond acceptors (Lipinski definition) is 7. The normalized spacial score (nSPS) is 11.8. The summed E-state index contributed by atoms with van der Waals surface area (Å²) in [5.74, 6) is 0.948. The van der Waals surface area contributed by atoms with Crippen molar-refractivity contribution in [3.05, 3.63) is 48.8 Å². The molecule has 0 spiro atoms. The van der Waals surface area contributed by atoms with E-state index in [9.17, 15) is 4.79 Å². The minimum atomic E-state index is -0.399. The van der Waals surface area contributed by atoms with Gasteiger partial charge in [-0.3, -0.25) is 9.78 Å². The van der Waals surface area contributed by atoms with Crippen molar-refractivity contribution in [1.29, 1.82) is 0 Å². The van der Waals surface area contributed by atoms with Crippen LogP contribution in [0.3, 0.4) is 0 Å². The lowest BCUT2D eigenvalue weighted by Crippen LogP contribution is -2.22. The van der Waals surface area contributed by atoms with Gasteiger partial charge in [0.05, 0.1) is 17.9 Å². The summed E-state index contributed by atoms with van der Waals surface area (Å²) in [7, 11) is 1.59. The Labute approximate surface area is 148 Å². The van der Waals surface area contributed by atoms with Crippen LogP contribution >= 0.6 is 11.8 Å². The molecule has 0 unspecified atom stereocenters. The van der Waals surface area contributed by atoms with Crippen LogP contribution in [0.5, 0.6) is 5.75 Å². The summed E-state index contributed by atoms with van der Waals surface area (Å²) in [6.45, 7) is 1.78. The second-order valence-corrected chi connectivity index (χ2v) is 6.38. The molecule has 0 aliphatic heterocycles. The second kappa shape index (κ2) is 7.80. The van der Waals surface area contributed by atoms with Gasteiger partial charge in [-0.25, -0.2) is 0 Å². The Balaban J connectivity index is 1.60. The SMILES string of the molecule is COc1ccc(NC(=O)[C@H](C)Sc2nnc(-c3cccnc3)o2)cc1. The highest BCUT2D eigenvalue weighted by molar-refractivity contribution is 8.00. The molecule has 7 nitrogen and oxygen atoms in total. The van der Waals surface area contributed by atoms with Crippen LogP contribution in [0, 0.1) is 0 Å². The van der Waals surface area contributed by atoms with Gasteiger partial charge in [0.15, 0.2) is 0 Å². The van der Waals surface area contributed by atoms with Crippen molar-refractivity contribution < 1.29 is 13.9 Å². The molecule has 128 valence electrons. The molecule has 0 fully saturated rings. The smallest absolute Gasteiger partial charge is 0.277 e. The molecule has 2 aromatic heterocycles. The van der Waals surface area contributed by atoms with Gasteiger partial charge in [0.25, 0.3) is 5.22 Å². The summed E-state index contributed by atoms with van der Waals surface area (Å²) >= 11 is 1.20. The molecule has 0 saturated heterocycles. The van der Waals surface area contributed by atoms with E-state index in [1.54, 1.807) is 56.8 Å². The number of carbonyl (C=O) groups excluding carboxylic acids is 1. The maximum Gasteiger partial charge on any atom is 0.277 e. The summed E-state index contributed by atoms with van der Waals surface area (Å²) in [4.78, 5) is 16.3. The third kappa shape index (κ3) is 4.36. The van der Waals surface area contributed by atoms with Crippen molar-refractivity contribution in [1.82, 2.24) is 15.2 Å². The molecular weight excluding hydrogens is 340 g/mol. The predicted molar refractivity (Wildman–Crippen MR) is 94.5 cm³/mol. The first-order chi connectivity index (χ1) is 12.2. The van der Waals surface area contributed by atoms with Crippen molar-refractivity contribution in [2.75, 3.05) is 12.4 Å². The summed E-state index contributed by atoms with van der Waals surface area (Å²) < 4.78 is 10.7. The van der Waals surface area contributed by atoms with Crippen LogP contribution in [0.4, 0.5) is 5.69 Å². The van der Waals surface area contributed by atoms with Crippen molar-refractivity contribution in [3.63, 3.8) is 0 Å². The molecule has 8 heteroatoms. The molecule has 1 N–H and O–H groups in total. The number of anilines is 1. The number of rotatable bonds is 6. The van der Waals surface area contributed by atoms with Crippen LogP contribution in [-0.4, -0.2) is 33.4 Å². The first kappa shape index (κ1) is 17.0. The Bertz CT molecular complexity index is 837.